The first-order chi connectivity index (χ1) is 20.4. The van der Waals surface area contributed by atoms with Gasteiger partial charge in [-0.15, -0.1) is 0 Å². The molecule has 1 spiro atoms. The molecule has 42 heavy (non-hydrogen) atoms. The summed E-state index contributed by atoms with van der Waals surface area (Å²) in [5.41, 5.74) is 4.53. The van der Waals surface area contributed by atoms with E-state index < -0.39 is 5.60 Å². The molecule has 7 nitrogen and oxygen atoms in total. The fourth-order valence-corrected chi connectivity index (χ4v) is 6.60. The minimum absolute atomic E-state index is 0.0101. The number of piperidine rings is 2. The molecule has 6 rings (SSSR count). The lowest BCUT2D eigenvalue weighted by atomic mass is 9.88. The average Bonchev–Trinajstić information content (AvgIpc) is 3.32. The quantitative estimate of drug-likeness (QED) is 0.343. The molecular weight excluding hydrogens is 526 g/mol. The second-order valence-corrected chi connectivity index (χ2v) is 12.2. The van der Waals surface area contributed by atoms with Crippen molar-refractivity contribution in [2.45, 2.75) is 51.3 Å². The maximum Gasteiger partial charge on any atom is 0.410 e. The highest BCUT2D eigenvalue weighted by Gasteiger charge is 2.46. The topological polar surface area (TPSA) is 70.2 Å². The fourth-order valence-electron chi connectivity index (χ4n) is 6.60. The van der Waals surface area contributed by atoms with Gasteiger partial charge in [-0.1, -0.05) is 72.3 Å². The van der Waals surface area contributed by atoms with Crippen LogP contribution in [0.15, 0.2) is 78.9 Å². The number of rotatable bonds is 7. The third kappa shape index (κ3) is 6.26. The highest BCUT2D eigenvalue weighted by atomic mass is 16.6. The number of benzene rings is 3. The largest absolute Gasteiger partial charge is 0.441 e. The van der Waals surface area contributed by atoms with E-state index in [1.54, 1.807) is 4.90 Å². The van der Waals surface area contributed by atoms with Gasteiger partial charge in [0.25, 0.3) is 5.91 Å². The van der Waals surface area contributed by atoms with Gasteiger partial charge in [-0.25, -0.2) is 4.79 Å². The summed E-state index contributed by atoms with van der Waals surface area (Å²) in [6, 6.07) is 25.6. The van der Waals surface area contributed by atoms with Crippen molar-refractivity contribution in [2.75, 3.05) is 32.7 Å². The Morgan fingerprint density at radius 1 is 0.810 bits per heavy atom. The van der Waals surface area contributed by atoms with E-state index in [0.29, 0.717) is 44.6 Å². The average molecular weight is 566 g/mol. The van der Waals surface area contributed by atoms with Crippen molar-refractivity contribution in [3.05, 3.63) is 107 Å². The number of hydrogen-bond acceptors (Lipinski definition) is 5. The van der Waals surface area contributed by atoms with Gasteiger partial charge in [0.2, 0.25) is 0 Å². The van der Waals surface area contributed by atoms with Crippen LogP contribution in [-0.4, -0.2) is 70.8 Å². The van der Waals surface area contributed by atoms with Crippen LogP contribution in [0.1, 0.15) is 63.1 Å². The van der Waals surface area contributed by atoms with Gasteiger partial charge in [-0.2, -0.15) is 0 Å². The lowest BCUT2D eigenvalue weighted by Crippen LogP contribution is -2.46. The van der Waals surface area contributed by atoms with Crippen LogP contribution < -0.4 is 0 Å². The Morgan fingerprint density at radius 3 is 2.21 bits per heavy atom. The maximum atomic E-state index is 13.2. The maximum absolute atomic E-state index is 13.2. The summed E-state index contributed by atoms with van der Waals surface area (Å²) in [4.78, 5) is 44.9. The summed E-state index contributed by atoms with van der Waals surface area (Å²) in [5, 5.41) is 0. The Kier molecular flexibility index (Phi) is 8.11. The molecule has 0 aromatic heterocycles. The molecule has 3 saturated heterocycles. The number of ketones is 1. The van der Waals surface area contributed by atoms with Crippen molar-refractivity contribution in [2.24, 2.45) is 5.92 Å². The van der Waals surface area contributed by atoms with Crippen molar-refractivity contribution in [3.8, 4) is 0 Å². The number of hydrogen-bond donors (Lipinski definition) is 0. The Hall–Kier alpha value is -3.97. The van der Waals surface area contributed by atoms with E-state index in [1.165, 1.54) is 11.1 Å². The number of carbonyl (C=O) groups is 3. The number of likely N-dealkylation sites (tertiary alicyclic amines) is 2. The first-order valence-corrected chi connectivity index (χ1v) is 15.1. The zero-order valence-electron chi connectivity index (χ0n) is 24.3. The zero-order valence-corrected chi connectivity index (χ0v) is 24.3. The van der Waals surface area contributed by atoms with Gasteiger partial charge in [0, 0.05) is 69.2 Å². The molecule has 0 unspecified atom stereocenters. The monoisotopic (exact) mass is 565 g/mol. The van der Waals surface area contributed by atoms with Crippen LogP contribution >= 0.6 is 0 Å². The number of aryl methyl sites for hydroxylation is 1. The van der Waals surface area contributed by atoms with Gasteiger partial charge < -0.3 is 9.64 Å². The highest BCUT2D eigenvalue weighted by molar-refractivity contribution is 5.98. The molecule has 0 aliphatic carbocycles. The van der Waals surface area contributed by atoms with Gasteiger partial charge in [0.1, 0.15) is 5.60 Å². The van der Waals surface area contributed by atoms with Crippen molar-refractivity contribution in [1.82, 2.24) is 14.7 Å². The zero-order chi connectivity index (χ0) is 29.1. The Balaban J connectivity index is 0.985. The molecule has 0 atom stereocenters. The molecular formula is C35H39N3O4. The van der Waals surface area contributed by atoms with Crippen LogP contribution in [0.3, 0.4) is 0 Å². The predicted molar refractivity (Wildman–Crippen MR) is 161 cm³/mol. The predicted octanol–water partition coefficient (Wildman–Crippen LogP) is 5.72. The van der Waals surface area contributed by atoms with Crippen molar-refractivity contribution in [3.63, 3.8) is 0 Å². The van der Waals surface area contributed by atoms with E-state index in [9.17, 15) is 14.4 Å². The van der Waals surface area contributed by atoms with E-state index in [2.05, 4.69) is 36.1 Å². The van der Waals surface area contributed by atoms with Crippen LogP contribution in [0.4, 0.5) is 4.79 Å². The molecule has 0 radical (unpaired) electrons. The Bertz CT molecular complexity index is 1420. The molecule has 0 N–H and O–H groups in total. The molecule has 3 aromatic carbocycles. The summed E-state index contributed by atoms with van der Waals surface area (Å²) in [5.74, 6) is 0.119. The first-order valence-electron chi connectivity index (χ1n) is 15.1. The van der Waals surface area contributed by atoms with Crippen LogP contribution in [0, 0.1) is 12.8 Å². The third-order valence-corrected chi connectivity index (χ3v) is 9.08. The summed E-state index contributed by atoms with van der Waals surface area (Å²) in [6.45, 7) is 7.07. The highest BCUT2D eigenvalue weighted by Crippen LogP contribution is 2.34. The lowest BCUT2D eigenvalue weighted by molar-refractivity contribution is -0.00126. The van der Waals surface area contributed by atoms with Crippen LogP contribution in [-0.2, 0) is 17.8 Å². The van der Waals surface area contributed by atoms with Gasteiger partial charge >= 0.3 is 6.09 Å². The molecule has 3 aromatic rings. The normalized spacial score (nSPS) is 19.2. The standard InChI is InChI=1S/C35H39N3O4/c1-26-6-5-7-28(22-26)23-36-20-16-35(17-21-36)25-38(34(41)42-35)24-27-10-12-31(13-11-27)33(40)37-18-14-30(15-19-37)32(39)29-8-3-2-4-9-29/h2-13,22,30H,14-21,23-25H2,1H3. The van der Waals surface area contributed by atoms with E-state index in [1.807, 2.05) is 59.5 Å². The summed E-state index contributed by atoms with van der Waals surface area (Å²) in [7, 11) is 0. The summed E-state index contributed by atoms with van der Waals surface area (Å²) in [6.07, 6.45) is 2.78. The number of carbonyl (C=O) groups excluding carboxylic acids is 3. The third-order valence-electron chi connectivity index (χ3n) is 9.08. The minimum Gasteiger partial charge on any atom is -0.441 e. The molecule has 218 valence electrons. The van der Waals surface area contributed by atoms with E-state index >= 15 is 0 Å². The summed E-state index contributed by atoms with van der Waals surface area (Å²) < 4.78 is 5.96. The van der Waals surface area contributed by atoms with Crippen LogP contribution in [0.25, 0.3) is 0 Å². The van der Waals surface area contributed by atoms with E-state index in [-0.39, 0.29) is 23.7 Å². The Morgan fingerprint density at radius 2 is 1.52 bits per heavy atom. The van der Waals surface area contributed by atoms with Gasteiger partial charge in [0.05, 0.1) is 6.54 Å². The summed E-state index contributed by atoms with van der Waals surface area (Å²) >= 11 is 0. The number of Topliss-reactive ketones (excluding diaryl/α,β-unsaturated/α-hetero) is 1. The van der Waals surface area contributed by atoms with Crippen LogP contribution in [0.5, 0.6) is 0 Å². The molecule has 0 saturated carbocycles. The van der Waals surface area contributed by atoms with Crippen molar-refractivity contribution >= 4 is 17.8 Å². The molecule has 3 aliphatic rings. The molecule has 3 aliphatic heterocycles. The fraction of sp³-hybridized carbons (Fsp3) is 0.400. The molecule has 2 amide bonds. The van der Waals surface area contributed by atoms with Gasteiger partial charge in [0.15, 0.2) is 5.78 Å². The molecule has 7 heteroatoms. The molecule has 3 heterocycles. The van der Waals surface area contributed by atoms with Gasteiger partial charge in [-0.05, 0) is 43.0 Å². The van der Waals surface area contributed by atoms with Crippen molar-refractivity contribution in [1.29, 1.82) is 0 Å². The van der Waals surface area contributed by atoms with Crippen molar-refractivity contribution < 1.29 is 19.1 Å². The molecule has 3 fully saturated rings. The minimum atomic E-state index is -0.413. The Labute approximate surface area is 248 Å². The molecule has 0 bridgehead atoms. The second-order valence-electron chi connectivity index (χ2n) is 12.2. The number of amides is 2. The second kappa shape index (κ2) is 12.1. The first kappa shape index (κ1) is 28.2. The smallest absolute Gasteiger partial charge is 0.410 e. The van der Waals surface area contributed by atoms with Gasteiger partial charge in [-0.3, -0.25) is 19.4 Å². The SMILES string of the molecule is Cc1cccc(CN2CCC3(CC2)CN(Cc2ccc(C(=O)N4CCC(C(=O)c5ccccc5)CC4)cc2)C(=O)O3)c1. The van der Waals surface area contributed by atoms with Crippen LogP contribution in [0.2, 0.25) is 0 Å². The lowest BCUT2D eigenvalue weighted by Gasteiger charge is -2.37. The number of ether oxygens (including phenoxy) is 1. The number of nitrogens with zero attached hydrogens (tertiary/aromatic N) is 3. The van der Waals surface area contributed by atoms with E-state index in [4.69, 9.17) is 4.74 Å². The van der Waals surface area contributed by atoms with E-state index in [0.717, 1.165) is 43.6 Å².